The van der Waals surface area contributed by atoms with Crippen LogP contribution in [-0.4, -0.2) is 19.3 Å². The molecule has 2 heterocycles. The van der Waals surface area contributed by atoms with E-state index in [0.29, 0.717) is 5.92 Å². The molecule has 0 aromatic carbocycles. The Morgan fingerprint density at radius 3 is 2.78 bits per heavy atom. The van der Waals surface area contributed by atoms with Crippen molar-refractivity contribution < 1.29 is 9.15 Å². The summed E-state index contributed by atoms with van der Waals surface area (Å²) in [4.78, 5) is 0. The molecule has 1 saturated heterocycles. The molecule has 3 heteroatoms. The lowest BCUT2D eigenvalue weighted by molar-refractivity contribution is 0.0535. The number of rotatable bonds is 6. The third kappa shape index (κ3) is 2.96. The van der Waals surface area contributed by atoms with Gasteiger partial charge in [-0.1, -0.05) is 20.8 Å². The molecule has 0 bridgehead atoms. The highest BCUT2D eigenvalue weighted by molar-refractivity contribution is 5.13. The van der Waals surface area contributed by atoms with Crippen molar-refractivity contribution in [2.45, 2.75) is 52.2 Å². The molecule has 1 N–H and O–H groups in total. The molecule has 1 fully saturated rings. The van der Waals surface area contributed by atoms with Gasteiger partial charge in [0, 0.05) is 13.0 Å². The van der Waals surface area contributed by atoms with E-state index in [-0.39, 0.29) is 12.1 Å². The van der Waals surface area contributed by atoms with Crippen molar-refractivity contribution in [2.24, 2.45) is 5.92 Å². The van der Waals surface area contributed by atoms with Crippen molar-refractivity contribution >= 4 is 0 Å². The van der Waals surface area contributed by atoms with Crippen molar-refractivity contribution in [2.75, 3.05) is 13.2 Å². The number of hydrogen-bond donors (Lipinski definition) is 1. The van der Waals surface area contributed by atoms with E-state index < -0.39 is 0 Å². The zero-order valence-electron chi connectivity index (χ0n) is 11.7. The van der Waals surface area contributed by atoms with Crippen LogP contribution in [0.4, 0.5) is 0 Å². The molecule has 3 atom stereocenters. The molecule has 0 aliphatic carbocycles. The summed E-state index contributed by atoms with van der Waals surface area (Å²) in [6.07, 6.45) is 3.46. The second-order valence-corrected chi connectivity index (χ2v) is 5.19. The molecule has 3 nitrogen and oxygen atoms in total. The lowest BCUT2D eigenvalue weighted by atomic mass is 9.96. The summed E-state index contributed by atoms with van der Waals surface area (Å²) in [5.74, 6) is 2.67. The lowest BCUT2D eigenvalue weighted by Gasteiger charge is -2.25. The van der Waals surface area contributed by atoms with Crippen LogP contribution in [0.2, 0.25) is 0 Å². The Balaban J connectivity index is 2.13. The maximum atomic E-state index is 5.91. The second kappa shape index (κ2) is 6.39. The van der Waals surface area contributed by atoms with Gasteiger partial charge in [0.15, 0.2) is 0 Å². The zero-order valence-corrected chi connectivity index (χ0v) is 11.7. The highest BCUT2D eigenvalue weighted by Gasteiger charge is 2.34. The Labute approximate surface area is 110 Å². The first-order valence-corrected chi connectivity index (χ1v) is 7.19. The third-order valence-corrected chi connectivity index (χ3v) is 3.72. The van der Waals surface area contributed by atoms with Gasteiger partial charge in [0.2, 0.25) is 0 Å². The van der Waals surface area contributed by atoms with Crippen molar-refractivity contribution in [3.05, 3.63) is 23.7 Å². The predicted molar refractivity (Wildman–Crippen MR) is 72.6 cm³/mol. The van der Waals surface area contributed by atoms with Crippen LogP contribution in [0.5, 0.6) is 0 Å². The standard InChI is InChI=1S/C15H25NO2/c1-4-9-16-14(15-11(3)8-10-17-15)13-7-6-12(5-2)18-13/h6-7,11,14-16H,4-5,8-10H2,1-3H3. The molecule has 0 amide bonds. The maximum Gasteiger partial charge on any atom is 0.123 e. The number of hydrogen-bond acceptors (Lipinski definition) is 3. The van der Waals surface area contributed by atoms with Crippen LogP contribution >= 0.6 is 0 Å². The third-order valence-electron chi connectivity index (χ3n) is 3.72. The molecular formula is C15H25NO2. The summed E-state index contributed by atoms with van der Waals surface area (Å²) in [7, 11) is 0. The minimum absolute atomic E-state index is 0.197. The van der Waals surface area contributed by atoms with Crippen LogP contribution in [0.15, 0.2) is 16.5 Å². The molecule has 18 heavy (non-hydrogen) atoms. The number of ether oxygens (including phenoxy) is 1. The van der Waals surface area contributed by atoms with Crippen molar-refractivity contribution in [1.82, 2.24) is 5.32 Å². The van der Waals surface area contributed by atoms with Crippen LogP contribution in [0.3, 0.4) is 0 Å². The summed E-state index contributed by atoms with van der Waals surface area (Å²) in [5, 5.41) is 3.58. The molecule has 1 aromatic heterocycles. The number of nitrogens with one attached hydrogen (secondary N) is 1. The fourth-order valence-electron chi connectivity index (χ4n) is 2.57. The van der Waals surface area contributed by atoms with Gasteiger partial charge < -0.3 is 14.5 Å². The van der Waals surface area contributed by atoms with Crippen LogP contribution in [0.1, 0.15) is 51.2 Å². The maximum absolute atomic E-state index is 5.91. The van der Waals surface area contributed by atoms with Gasteiger partial charge in [-0.3, -0.25) is 0 Å². The monoisotopic (exact) mass is 251 g/mol. The predicted octanol–water partition coefficient (Wildman–Crippen LogP) is 3.31. The molecule has 2 rings (SSSR count). The van der Waals surface area contributed by atoms with Gasteiger partial charge in [0.25, 0.3) is 0 Å². The Kier molecular flexibility index (Phi) is 4.84. The topological polar surface area (TPSA) is 34.4 Å². The fraction of sp³-hybridized carbons (Fsp3) is 0.733. The van der Waals surface area contributed by atoms with E-state index in [9.17, 15) is 0 Å². The summed E-state index contributed by atoms with van der Waals surface area (Å²) in [5.41, 5.74) is 0. The second-order valence-electron chi connectivity index (χ2n) is 5.19. The van der Waals surface area contributed by atoms with Crippen molar-refractivity contribution in [3.63, 3.8) is 0 Å². The first-order valence-electron chi connectivity index (χ1n) is 7.19. The summed E-state index contributed by atoms with van der Waals surface area (Å²) < 4.78 is 11.8. The van der Waals surface area contributed by atoms with Crippen molar-refractivity contribution in [3.8, 4) is 0 Å². The Bertz CT molecular complexity index is 361. The molecule has 1 aliphatic rings. The SMILES string of the molecule is CCCNC(c1ccc(CC)o1)C1OCCC1C. The summed E-state index contributed by atoms with van der Waals surface area (Å²) >= 11 is 0. The number of aryl methyl sites for hydroxylation is 1. The Morgan fingerprint density at radius 1 is 1.39 bits per heavy atom. The van der Waals surface area contributed by atoms with Crippen LogP contribution < -0.4 is 5.32 Å². The van der Waals surface area contributed by atoms with Gasteiger partial charge in [-0.15, -0.1) is 0 Å². The molecular weight excluding hydrogens is 226 g/mol. The summed E-state index contributed by atoms with van der Waals surface area (Å²) in [6.45, 7) is 8.44. The molecule has 1 aromatic rings. The van der Waals surface area contributed by atoms with Crippen LogP contribution in [-0.2, 0) is 11.2 Å². The highest BCUT2D eigenvalue weighted by Crippen LogP contribution is 2.32. The minimum Gasteiger partial charge on any atom is -0.464 e. The smallest absolute Gasteiger partial charge is 0.123 e. The summed E-state index contributed by atoms with van der Waals surface area (Å²) in [6, 6.07) is 4.37. The molecule has 3 unspecified atom stereocenters. The molecule has 0 spiro atoms. The molecule has 1 aliphatic heterocycles. The van der Waals surface area contributed by atoms with E-state index >= 15 is 0 Å². The quantitative estimate of drug-likeness (QED) is 0.842. The first-order chi connectivity index (χ1) is 8.76. The Morgan fingerprint density at radius 2 is 2.22 bits per heavy atom. The van der Waals surface area contributed by atoms with Gasteiger partial charge in [-0.2, -0.15) is 0 Å². The average Bonchev–Trinajstić information content (AvgIpc) is 3.00. The van der Waals surface area contributed by atoms with E-state index in [4.69, 9.17) is 9.15 Å². The lowest BCUT2D eigenvalue weighted by Crippen LogP contribution is -2.35. The van der Waals surface area contributed by atoms with Gasteiger partial charge in [0.1, 0.15) is 11.5 Å². The van der Waals surface area contributed by atoms with Gasteiger partial charge in [-0.05, 0) is 37.4 Å². The highest BCUT2D eigenvalue weighted by atomic mass is 16.5. The Hall–Kier alpha value is -0.800. The average molecular weight is 251 g/mol. The van der Waals surface area contributed by atoms with Crippen LogP contribution in [0, 0.1) is 5.92 Å². The molecule has 102 valence electrons. The van der Waals surface area contributed by atoms with Crippen molar-refractivity contribution in [1.29, 1.82) is 0 Å². The largest absolute Gasteiger partial charge is 0.464 e. The van der Waals surface area contributed by atoms with E-state index in [1.165, 1.54) is 0 Å². The van der Waals surface area contributed by atoms with Gasteiger partial charge in [0.05, 0.1) is 12.1 Å². The van der Waals surface area contributed by atoms with Gasteiger partial charge >= 0.3 is 0 Å². The van der Waals surface area contributed by atoms with E-state index in [1.807, 2.05) is 0 Å². The van der Waals surface area contributed by atoms with Gasteiger partial charge in [-0.25, -0.2) is 0 Å². The first kappa shape index (κ1) is 13.6. The van der Waals surface area contributed by atoms with E-state index in [2.05, 4.69) is 38.2 Å². The normalized spacial score (nSPS) is 25.5. The number of furan rings is 1. The fourth-order valence-corrected chi connectivity index (χ4v) is 2.57. The zero-order chi connectivity index (χ0) is 13.0. The molecule has 0 saturated carbocycles. The van der Waals surface area contributed by atoms with Crippen LogP contribution in [0.25, 0.3) is 0 Å². The molecule has 0 radical (unpaired) electrons. The minimum atomic E-state index is 0.197. The van der Waals surface area contributed by atoms with E-state index in [1.54, 1.807) is 0 Å². The van der Waals surface area contributed by atoms with E-state index in [0.717, 1.165) is 43.9 Å².